The molecule has 3 amide bonds. The summed E-state index contributed by atoms with van der Waals surface area (Å²) in [4.78, 5) is 41.4. The van der Waals surface area contributed by atoms with E-state index in [1.807, 2.05) is 110 Å². The van der Waals surface area contributed by atoms with Gasteiger partial charge in [-0.05, 0) is 61.1 Å². The van der Waals surface area contributed by atoms with Crippen LogP contribution in [0.4, 0.5) is 4.79 Å². The Balaban J connectivity index is 1.39. The Labute approximate surface area is 271 Å². The first-order chi connectivity index (χ1) is 22.4. The minimum atomic E-state index is -0.951. The Morgan fingerprint density at radius 1 is 0.717 bits per heavy atom. The summed E-state index contributed by atoms with van der Waals surface area (Å²) in [7, 11) is 0. The van der Waals surface area contributed by atoms with Crippen LogP contribution in [0.1, 0.15) is 42.5 Å². The highest BCUT2D eigenvalue weighted by Gasteiger charge is 2.31. The van der Waals surface area contributed by atoms with Gasteiger partial charge in [0.1, 0.15) is 31.0 Å². The van der Waals surface area contributed by atoms with Crippen LogP contribution in [0.25, 0.3) is 0 Å². The molecule has 4 aromatic rings. The number of benzene rings is 4. The van der Waals surface area contributed by atoms with Crippen molar-refractivity contribution in [2.45, 2.75) is 58.4 Å². The van der Waals surface area contributed by atoms with E-state index in [1.165, 1.54) is 10.5 Å². The topological polar surface area (TPSA) is 97.0 Å². The third kappa shape index (κ3) is 10.8. The number of ether oxygens (including phenoxy) is 2. The lowest BCUT2D eigenvalue weighted by atomic mass is 10.0. The standard InChI is InChI=1S/C38H43N3O5/c1-3-41(29(2)36(42)39-25-13-20-30-14-7-4-8-15-30)37(43)35(40-38(44)46-28-33-18-11-6-12-19-33)26-31-21-23-34(24-22-31)45-27-32-16-9-5-10-17-32/h4-12,14-19,21-24,29,35H,3,13,20,25-28H2,1-2H3,(H,39,42)(H,40,44)/t29-,35+/m1/s1. The molecule has 2 N–H and O–H groups in total. The second-order valence-corrected chi connectivity index (χ2v) is 11.1. The molecule has 0 aliphatic heterocycles. The first kappa shape index (κ1) is 33.8. The van der Waals surface area contributed by atoms with E-state index >= 15 is 0 Å². The van der Waals surface area contributed by atoms with Gasteiger partial charge in [-0.15, -0.1) is 0 Å². The van der Waals surface area contributed by atoms with Gasteiger partial charge in [0, 0.05) is 19.5 Å². The van der Waals surface area contributed by atoms with Crippen LogP contribution in [0.5, 0.6) is 5.75 Å². The third-order valence-corrected chi connectivity index (χ3v) is 7.67. The van der Waals surface area contributed by atoms with Gasteiger partial charge in [0.05, 0.1) is 0 Å². The Morgan fingerprint density at radius 3 is 1.87 bits per heavy atom. The summed E-state index contributed by atoms with van der Waals surface area (Å²) in [5.41, 5.74) is 3.92. The predicted molar refractivity (Wildman–Crippen MR) is 179 cm³/mol. The predicted octanol–water partition coefficient (Wildman–Crippen LogP) is 6.09. The molecule has 0 aliphatic carbocycles. The van der Waals surface area contributed by atoms with E-state index < -0.39 is 18.2 Å². The smallest absolute Gasteiger partial charge is 0.408 e. The lowest BCUT2D eigenvalue weighted by Crippen LogP contribution is -2.55. The number of hydrogen-bond acceptors (Lipinski definition) is 5. The van der Waals surface area contributed by atoms with Crippen molar-refractivity contribution in [2.24, 2.45) is 0 Å². The highest BCUT2D eigenvalue weighted by molar-refractivity contribution is 5.91. The molecule has 240 valence electrons. The van der Waals surface area contributed by atoms with Crippen molar-refractivity contribution in [3.8, 4) is 5.75 Å². The van der Waals surface area contributed by atoms with Crippen LogP contribution in [-0.4, -0.2) is 48.0 Å². The minimum Gasteiger partial charge on any atom is -0.489 e. The number of likely N-dealkylation sites (N-methyl/N-ethyl adjacent to an activating group) is 1. The molecular formula is C38H43N3O5. The van der Waals surface area contributed by atoms with Crippen LogP contribution in [-0.2, 0) is 40.4 Å². The van der Waals surface area contributed by atoms with Gasteiger partial charge < -0.3 is 25.0 Å². The van der Waals surface area contributed by atoms with E-state index in [-0.39, 0.29) is 24.8 Å². The van der Waals surface area contributed by atoms with Crippen molar-refractivity contribution in [2.75, 3.05) is 13.1 Å². The Morgan fingerprint density at radius 2 is 1.28 bits per heavy atom. The van der Waals surface area contributed by atoms with Crippen LogP contribution in [0.3, 0.4) is 0 Å². The summed E-state index contributed by atoms with van der Waals surface area (Å²) in [6.45, 7) is 4.82. The normalized spacial score (nSPS) is 12.0. The van der Waals surface area contributed by atoms with E-state index in [1.54, 1.807) is 6.92 Å². The van der Waals surface area contributed by atoms with E-state index in [0.29, 0.717) is 25.4 Å². The number of alkyl carbamates (subject to hydrolysis) is 1. The van der Waals surface area contributed by atoms with Crippen molar-refractivity contribution < 1.29 is 23.9 Å². The molecule has 0 aromatic heterocycles. The van der Waals surface area contributed by atoms with Crippen molar-refractivity contribution in [1.82, 2.24) is 15.5 Å². The Bertz CT molecular complexity index is 1500. The van der Waals surface area contributed by atoms with Crippen molar-refractivity contribution in [3.05, 3.63) is 138 Å². The monoisotopic (exact) mass is 621 g/mol. The molecule has 0 spiro atoms. The van der Waals surface area contributed by atoms with Gasteiger partial charge in [-0.25, -0.2) is 4.79 Å². The van der Waals surface area contributed by atoms with Gasteiger partial charge in [0.2, 0.25) is 11.8 Å². The zero-order valence-electron chi connectivity index (χ0n) is 26.6. The molecule has 0 fully saturated rings. The molecule has 2 atom stereocenters. The van der Waals surface area contributed by atoms with Crippen molar-refractivity contribution in [3.63, 3.8) is 0 Å². The number of nitrogens with one attached hydrogen (secondary N) is 2. The number of hydrogen-bond donors (Lipinski definition) is 2. The number of aryl methyl sites for hydroxylation is 1. The van der Waals surface area contributed by atoms with Gasteiger partial charge in [-0.1, -0.05) is 103 Å². The van der Waals surface area contributed by atoms with Gasteiger partial charge in [-0.2, -0.15) is 0 Å². The molecule has 0 saturated heterocycles. The van der Waals surface area contributed by atoms with E-state index in [0.717, 1.165) is 29.5 Å². The van der Waals surface area contributed by atoms with Gasteiger partial charge in [-0.3, -0.25) is 9.59 Å². The molecule has 0 aliphatic rings. The Hall–Kier alpha value is -5.11. The summed E-state index contributed by atoms with van der Waals surface area (Å²) >= 11 is 0. The highest BCUT2D eigenvalue weighted by atomic mass is 16.5. The molecule has 0 heterocycles. The number of nitrogens with zero attached hydrogens (tertiary/aromatic N) is 1. The fraction of sp³-hybridized carbons (Fsp3) is 0.289. The van der Waals surface area contributed by atoms with Crippen molar-refractivity contribution in [1.29, 1.82) is 0 Å². The lowest BCUT2D eigenvalue weighted by Gasteiger charge is -2.31. The van der Waals surface area contributed by atoms with Crippen LogP contribution in [0.2, 0.25) is 0 Å². The number of amides is 3. The highest BCUT2D eigenvalue weighted by Crippen LogP contribution is 2.17. The third-order valence-electron chi connectivity index (χ3n) is 7.67. The first-order valence-electron chi connectivity index (χ1n) is 15.8. The molecule has 0 unspecified atom stereocenters. The van der Waals surface area contributed by atoms with Crippen LogP contribution in [0.15, 0.2) is 115 Å². The van der Waals surface area contributed by atoms with Gasteiger partial charge in [0.15, 0.2) is 0 Å². The SMILES string of the molecule is CCN(C(=O)[C@H](Cc1ccc(OCc2ccccc2)cc1)NC(=O)OCc1ccccc1)[C@H](C)C(=O)NCCCc1ccccc1. The molecular weight excluding hydrogens is 578 g/mol. The molecule has 0 saturated carbocycles. The molecule has 4 rings (SSSR count). The summed E-state index contributed by atoms with van der Waals surface area (Å²) in [6, 6.07) is 35.1. The maximum Gasteiger partial charge on any atom is 0.408 e. The zero-order chi connectivity index (χ0) is 32.6. The van der Waals surface area contributed by atoms with E-state index in [2.05, 4.69) is 22.8 Å². The fourth-order valence-electron chi connectivity index (χ4n) is 5.06. The van der Waals surface area contributed by atoms with Crippen LogP contribution < -0.4 is 15.4 Å². The second kappa shape index (κ2) is 18.0. The second-order valence-electron chi connectivity index (χ2n) is 11.1. The quantitative estimate of drug-likeness (QED) is 0.148. The largest absolute Gasteiger partial charge is 0.489 e. The summed E-state index contributed by atoms with van der Waals surface area (Å²) in [6.07, 6.45) is 1.13. The molecule has 8 nitrogen and oxygen atoms in total. The maximum absolute atomic E-state index is 13.9. The summed E-state index contributed by atoms with van der Waals surface area (Å²) < 4.78 is 11.4. The maximum atomic E-state index is 13.9. The zero-order valence-corrected chi connectivity index (χ0v) is 26.6. The van der Waals surface area contributed by atoms with E-state index in [4.69, 9.17) is 9.47 Å². The Kier molecular flexibility index (Phi) is 13.2. The van der Waals surface area contributed by atoms with Crippen LogP contribution in [0, 0.1) is 0 Å². The minimum absolute atomic E-state index is 0.0698. The average Bonchev–Trinajstić information content (AvgIpc) is 3.10. The fourth-order valence-corrected chi connectivity index (χ4v) is 5.06. The molecule has 0 radical (unpaired) electrons. The average molecular weight is 622 g/mol. The molecule has 4 aromatic carbocycles. The first-order valence-corrected chi connectivity index (χ1v) is 15.8. The number of carbonyl (C=O) groups excluding carboxylic acids is 3. The van der Waals surface area contributed by atoms with Crippen LogP contribution >= 0.6 is 0 Å². The number of carbonyl (C=O) groups is 3. The number of rotatable bonds is 16. The summed E-state index contributed by atoms with van der Waals surface area (Å²) in [5.74, 6) is 0.0857. The van der Waals surface area contributed by atoms with E-state index in [9.17, 15) is 14.4 Å². The van der Waals surface area contributed by atoms with Gasteiger partial charge >= 0.3 is 6.09 Å². The summed E-state index contributed by atoms with van der Waals surface area (Å²) in [5, 5.41) is 5.72. The molecule has 8 heteroatoms. The lowest BCUT2D eigenvalue weighted by molar-refractivity contribution is -0.141. The molecule has 0 bridgehead atoms. The molecule has 46 heavy (non-hydrogen) atoms. The van der Waals surface area contributed by atoms with Gasteiger partial charge in [0.25, 0.3) is 0 Å². The van der Waals surface area contributed by atoms with Crippen molar-refractivity contribution >= 4 is 17.9 Å².